The number of para-hydroxylation sites is 2. The third-order valence-corrected chi connectivity index (χ3v) is 28.5. The van der Waals surface area contributed by atoms with E-state index < -0.39 is 5.41 Å². The summed E-state index contributed by atoms with van der Waals surface area (Å²) in [5.74, 6) is 1.80. The zero-order chi connectivity index (χ0) is 98.5. The van der Waals surface area contributed by atoms with Crippen molar-refractivity contribution in [3.05, 3.63) is 397 Å². The average molecular weight is 2230 g/mol. The Balaban J connectivity index is 0.000000179. The Morgan fingerprint density at radius 2 is 0.629 bits per heavy atom. The van der Waals surface area contributed by atoms with Crippen LogP contribution in [0, 0.1) is 12.1 Å². The van der Waals surface area contributed by atoms with Gasteiger partial charge in [0.05, 0.1) is 44.6 Å². The van der Waals surface area contributed by atoms with Crippen molar-refractivity contribution >= 4 is 87.5 Å². The Morgan fingerprint density at radius 3 is 1.04 bits per heavy atom. The van der Waals surface area contributed by atoms with Gasteiger partial charge in [-0.1, -0.05) is 397 Å². The van der Waals surface area contributed by atoms with Crippen molar-refractivity contribution in [2.75, 3.05) is 0 Å². The fraction of sp³-hybridized carbons (Fsp3) is 0.206. The molecule has 22 rings (SSSR count). The van der Waals surface area contributed by atoms with Crippen LogP contribution in [0.4, 0.5) is 0 Å². The van der Waals surface area contributed by atoms with Crippen molar-refractivity contribution in [3.63, 3.8) is 0 Å². The van der Waals surface area contributed by atoms with Crippen LogP contribution >= 0.6 is 0 Å². The molecule has 143 heavy (non-hydrogen) atoms. The van der Waals surface area contributed by atoms with E-state index in [0.717, 1.165) is 205 Å². The normalized spacial score (nSPS) is 12.4. The van der Waals surface area contributed by atoms with Crippen LogP contribution in [0.3, 0.4) is 0 Å². The van der Waals surface area contributed by atoms with E-state index in [-0.39, 0.29) is 86.1 Å². The molecule has 0 radical (unpaired) electrons. The van der Waals surface area contributed by atoms with Crippen molar-refractivity contribution < 1.29 is 61.2 Å². The first-order chi connectivity index (χ1) is 67.3. The second kappa shape index (κ2) is 37.0. The van der Waals surface area contributed by atoms with Gasteiger partial charge in [0.25, 0.3) is 0 Å². The maximum absolute atomic E-state index is 12.7. The number of pyridine rings is 2. The van der Waals surface area contributed by atoms with Crippen LogP contribution in [-0.2, 0) is 80.0 Å². The molecule has 0 bridgehead atoms. The Morgan fingerprint density at radius 1 is 0.266 bits per heavy atom. The molecule has 0 spiro atoms. The molecular formula is C131H118N6O4Pt2-2. The SMILES string of the molecule is CC(C)(C)c1ccc(-n2c(-c3cc(C(C)(C)C)cc(C(C)(C)C)c3O)nc3c(-c4[c-]c(-c5cc6oc7ccc8ccccc8c7c6cn5)cc(-c5ccccc5)c4)cccc32)c(-c2ccccc2)c1.CC(C)(C)c1ccc(-n2c(-c3cc(C(C)(C)C)cc(C(C)(C)C)c3O)nc3c(-c4[c-]c(-c5cc6oc7ccc8ccccc8c7c6cn5)cc(C(C)(C)c5ccccc5)c4)cccc32)c(-c2ccccc2)c1.[Pt].[Pt]. The molecule has 0 aliphatic carbocycles. The van der Waals surface area contributed by atoms with Crippen LogP contribution in [0.15, 0.2) is 349 Å². The maximum Gasteiger partial charge on any atom is 0.148 e. The summed E-state index contributed by atoms with van der Waals surface area (Å²) in [7, 11) is 0. The monoisotopic (exact) mass is 2230 g/mol. The molecule has 0 aliphatic rings. The predicted molar refractivity (Wildman–Crippen MR) is 588 cm³/mol. The van der Waals surface area contributed by atoms with Gasteiger partial charge in [0.2, 0.25) is 0 Å². The maximum atomic E-state index is 12.7. The van der Waals surface area contributed by atoms with Crippen LogP contribution in [-0.4, -0.2) is 39.3 Å². The molecule has 16 aromatic carbocycles. The molecular weight excluding hydrogens is 2110 g/mol. The number of aromatic hydroxyl groups is 2. The molecule has 6 aromatic heterocycles. The summed E-state index contributed by atoms with van der Waals surface area (Å²) >= 11 is 0. The second-order valence-electron chi connectivity index (χ2n) is 44.8. The summed E-state index contributed by atoms with van der Waals surface area (Å²) < 4.78 is 17.7. The summed E-state index contributed by atoms with van der Waals surface area (Å²) in [6.07, 6.45) is 3.90. The van der Waals surface area contributed by atoms with E-state index in [9.17, 15) is 10.2 Å². The molecule has 2 N–H and O–H groups in total. The number of imidazole rings is 2. The molecule has 22 aromatic rings. The first kappa shape index (κ1) is 97.7. The van der Waals surface area contributed by atoms with Crippen molar-refractivity contribution in [2.24, 2.45) is 0 Å². The van der Waals surface area contributed by atoms with Gasteiger partial charge in [-0.25, -0.2) is 9.97 Å². The fourth-order valence-electron chi connectivity index (χ4n) is 20.3. The Kier molecular flexibility index (Phi) is 25.3. The summed E-state index contributed by atoms with van der Waals surface area (Å²) in [5, 5.41) is 34.0. The number of benzene rings is 16. The number of fused-ring (bicyclic) bond motifs is 12. The molecule has 0 fully saturated rings. The first-order valence-corrected chi connectivity index (χ1v) is 49.1. The molecule has 718 valence electrons. The minimum Gasteiger partial charge on any atom is -0.507 e. The molecule has 0 aliphatic heterocycles. The summed E-state index contributed by atoms with van der Waals surface area (Å²) in [5.41, 5.74) is 30.3. The number of rotatable bonds is 13. The zero-order valence-corrected chi connectivity index (χ0v) is 89.4. The number of hydrogen-bond donors (Lipinski definition) is 2. The second-order valence-corrected chi connectivity index (χ2v) is 44.8. The molecule has 0 saturated heterocycles. The van der Waals surface area contributed by atoms with E-state index in [1.54, 1.807) is 0 Å². The number of phenols is 2. The van der Waals surface area contributed by atoms with Crippen molar-refractivity contribution in [1.29, 1.82) is 0 Å². The summed E-state index contributed by atoms with van der Waals surface area (Å²) in [6.45, 7) is 44.5. The quantitative estimate of drug-likeness (QED) is 0.109. The zero-order valence-electron chi connectivity index (χ0n) is 84.9. The van der Waals surface area contributed by atoms with Crippen molar-refractivity contribution in [1.82, 2.24) is 29.1 Å². The van der Waals surface area contributed by atoms with Gasteiger partial charge in [0.1, 0.15) is 45.5 Å². The fourth-order valence-corrected chi connectivity index (χ4v) is 20.3. The number of phenolic OH excluding ortho intramolecular Hbond substituents is 2. The van der Waals surface area contributed by atoms with Gasteiger partial charge in [-0.2, -0.15) is 0 Å². The van der Waals surface area contributed by atoms with Gasteiger partial charge < -0.3 is 19.0 Å². The van der Waals surface area contributed by atoms with E-state index in [1.807, 2.05) is 24.5 Å². The number of furan rings is 2. The molecule has 0 unspecified atom stereocenters. The van der Waals surface area contributed by atoms with Crippen molar-refractivity contribution in [3.8, 4) is 124 Å². The Labute approximate surface area is 867 Å². The minimum atomic E-state index is -0.400. The average Bonchev–Trinajstić information content (AvgIpc) is 1.59. The van der Waals surface area contributed by atoms with Crippen LogP contribution < -0.4 is 0 Å². The minimum absolute atomic E-state index is 0. The molecule has 6 heterocycles. The van der Waals surface area contributed by atoms with E-state index in [2.05, 4.69) is 475 Å². The molecule has 0 saturated carbocycles. The van der Waals surface area contributed by atoms with Gasteiger partial charge >= 0.3 is 0 Å². The van der Waals surface area contributed by atoms with E-state index in [4.69, 9.17) is 28.8 Å². The van der Waals surface area contributed by atoms with Crippen LogP contribution in [0.2, 0.25) is 0 Å². The van der Waals surface area contributed by atoms with Gasteiger partial charge in [0.15, 0.2) is 0 Å². The molecule has 0 atom stereocenters. The van der Waals surface area contributed by atoms with Gasteiger partial charge in [-0.15, -0.1) is 53.1 Å². The number of aromatic nitrogens is 6. The largest absolute Gasteiger partial charge is 0.507 e. The Bertz CT molecular complexity index is 8700. The summed E-state index contributed by atoms with van der Waals surface area (Å²) in [4.78, 5) is 21.8. The van der Waals surface area contributed by atoms with E-state index >= 15 is 0 Å². The standard InChI is InChI=1S/C67H62N3O2.C64H56N3O2.2Pt/c1-64(2,3)46-30-31-56(51(36-46)41-21-14-12-15-22-41)70-57-28-20-27-50(61(57)69-63(70)52-37-47(65(4,5)6)38-54(62(52)71)66(7,8)9)43-33-44(35-48(34-43)67(10,11)45-24-16-13-17-25-45)55-39-59-53(40-68-55)60-49-26-19-18-23-42(49)29-32-58(60)72-59;1-62(2,3)45-28-29-54(49(34-45)40-21-14-11-15-22-40)67-55-26-18-25-48(59(55)66-61(67)50-35-46(63(4,5)6)36-52(60(50)68)64(7,8)9)43-31-42(39-19-12-10-13-20-39)32-44(33-43)53-37-57-51(38-65-53)58-47-24-17-16-23-41(47)27-30-56(58)69-57;;/h12-32,34-40,71H,1-11H3;10-32,34-38,68H,1-9H3;;/q2*-1;;. The number of nitrogens with zero attached hydrogens (tertiary/aromatic N) is 6. The van der Waals surface area contributed by atoms with Gasteiger partial charge in [-0.05, 0) is 171 Å². The topological polar surface area (TPSA) is 128 Å². The third kappa shape index (κ3) is 18.2. The van der Waals surface area contributed by atoms with Crippen LogP contribution in [0.5, 0.6) is 11.5 Å². The third-order valence-electron chi connectivity index (χ3n) is 28.5. The van der Waals surface area contributed by atoms with Gasteiger partial charge in [0, 0.05) is 115 Å². The predicted octanol–water partition coefficient (Wildman–Crippen LogP) is 35.1. The van der Waals surface area contributed by atoms with E-state index in [1.165, 1.54) is 16.7 Å². The van der Waals surface area contributed by atoms with Crippen molar-refractivity contribution in [2.45, 2.75) is 176 Å². The molecule has 12 heteroatoms. The molecule has 0 amide bonds. The number of hydrogen-bond acceptors (Lipinski definition) is 8. The summed E-state index contributed by atoms with van der Waals surface area (Å²) in [6, 6.07) is 123. The molecule has 10 nitrogen and oxygen atoms in total. The first-order valence-electron chi connectivity index (χ1n) is 49.1. The van der Waals surface area contributed by atoms with Crippen LogP contribution in [0.1, 0.15) is 183 Å². The smallest absolute Gasteiger partial charge is 0.148 e. The Hall–Kier alpha value is -14.1. The van der Waals surface area contributed by atoms with Crippen LogP contribution in [0.25, 0.3) is 200 Å². The van der Waals surface area contributed by atoms with Gasteiger partial charge in [-0.3, -0.25) is 19.1 Å². The van der Waals surface area contributed by atoms with E-state index in [0.29, 0.717) is 22.8 Å².